The van der Waals surface area contributed by atoms with E-state index in [1.165, 1.54) is 5.56 Å². The molecule has 19 heavy (non-hydrogen) atoms. The molecule has 0 spiro atoms. The molecule has 108 valence electrons. The largest absolute Gasteiger partial charge is 0.492 e. The van der Waals surface area contributed by atoms with Crippen LogP contribution in [-0.4, -0.2) is 38.6 Å². The minimum Gasteiger partial charge on any atom is -0.492 e. The minimum atomic E-state index is 0.219. The van der Waals surface area contributed by atoms with E-state index in [2.05, 4.69) is 27.3 Å². The number of methoxy groups -OCH3 is 1. The van der Waals surface area contributed by atoms with Crippen molar-refractivity contribution < 1.29 is 14.6 Å². The van der Waals surface area contributed by atoms with Crippen LogP contribution in [0, 0.1) is 0 Å². The first kappa shape index (κ1) is 16.4. The fraction of sp³-hybridized carbons (Fsp3) is 0.571. The summed E-state index contributed by atoms with van der Waals surface area (Å²) in [6, 6.07) is 6.07. The normalized spacial score (nSPS) is 10.7. The van der Waals surface area contributed by atoms with Crippen LogP contribution in [-0.2, 0) is 11.3 Å². The summed E-state index contributed by atoms with van der Waals surface area (Å²) in [7, 11) is 1.70. The first-order chi connectivity index (χ1) is 9.27. The van der Waals surface area contributed by atoms with Crippen LogP contribution in [0.15, 0.2) is 22.7 Å². The van der Waals surface area contributed by atoms with E-state index in [0.29, 0.717) is 13.2 Å². The molecule has 0 fully saturated rings. The van der Waals surface area contributed by atoms with Gasteiger partial charge in [-0.2, -0.15) is 0 Å². The molecule has 0 radical (unpaired) electrons. The molecule has 0 heterocycles. The number of hydrogen-bond donors (Lipinski definition) is 2. The number of nitrogens with one attached hydrogen (secondary N) is 1. The van der Waals surface area contributed by atoms with Crippen LogP contribution < -0.4 is 10.1 Å². The Bertz CT molecular complexity index is 361. The van der Waals surface area contributed by atoms with Crippen LogP contribution in [0.2, 0.25) is 0 Å². The summed E-state index contributed by atoms with van der Waals surface area (Å²) in [5.41, 5.74) is 1.20. The van der Waals surface area contributed by atoms with Gasteiger partial charge in [0, 0.05) is 26.8 Å². The van der Waals surface area contributed by atoms with Gasteiger partial charge in [0.25, 0.3) is 0 Å². The summed E-state index contributed by atoms with van der Waals surface area (Å²) < 4.78 is 11.6. The van der Waals surface area contributed by atoms with Crippen molar-refractivity contribution in [3.63, 3.8) is 0 Å². The van der Waals surface area contributed by atoms with Gasteiger partial charge < -0.3 is 19.9 Å². The summed E-state index contributed by atoms with van der Waals surface area (Å²) in [6.45, 7) is 3.22. The van der Waals surface area contributed by atoms with Crippen molar-refractivity contribution in [3.8, 4) is 5.75 Å². The van der Waals surface area contributed by atoms with Crippen molar-refractivity contribution in [3.05, 3.63) is 28.2 Å². The fourth-order valence-corrected chi connectivity index (χ4v) is 2.11. The SMILES string of the molecule is COCCNCc1ccc(OCCCCO)c(Br)c1. The van der Waals surface area contributed by atoms with Gasteiger partial charge in [-0.25, -0.2) is 0 Å². The van der Waals surface area contributed by atoms with Crippen molar-refractivity contribution in [1.29, 1.82) is 0 Å². The molecule has 4 nitrogen and oxygen atoms in total. The minimum absolute atomic E-state index is 0.219. The third-order valence-corrected chi connectivity index (χ3v) is 3.24. The van der Waals surface area contributed by atoms with Crippen LogP contribution >= 0.6 is 15.9 Å². The number of aliphatic hydroxyl groups is 1. The standard InChI is InChI=1S/C14H22BrNO3/c1-18-9-6-16-11-12-4-5-14(13(15)10-12)19-8-3-2-7-17/h4-5,10,16-17H,2-3,6-9,11H2,1H3. The van der Waals surface area contributed by atoms with Gasteiger partial charge in [-0.05, 0) is 46.5 Å². The number of ether oxygens (including phenoxy) is 2. The highest BCUT2D eigenvalue weighted by atomic mass is 79.9. The molecule has 0 unspecified atom stereocenters. The summed E-state index contributed by atoms with van der Waals surface area (Å²) in [5.74, 6) is 0.846. The summed E-state index contributed by atoms with van der Waals surface area (Å²) >= 11 is 3.51. The number of unbranched alkanes of at least 4 members (excludes halogenated alkanes) is 1. The molecule has 0 atom stereocenters. The monoisotopic (exact) mass is 331 g/mol. The summed E-state index contributed by atoms with van der Waals surface area (Å²) in [6.07, 6.45) is 1.64. The van der Waals surface area contributed by atoms with Gasteiger partial charge in [0.05, 0.1) is 17.7 Å². The van der Waals surface area contributed by atoms with Gasteiger partial charge in [-0.1, -0.05) is 6.07 Å². The second-order valence-corrected chi connectivity index (χ2v) is 5.07. The molecule has 1 rings (SSSR count). The number of hydrogen-bond acceptors (Lipinski definition) is 4. The maximum absolute atomic E-state index is 8.69. The van der Waals surface area contributed by atoms with E-state index < -0.39 is 0 Å². The molecular formula is C14H22BrNO3. The molecule has 0 aliphatic heterocycles. The number of benzene rings is 1. The van der Waals surface area contributed by atoms with E-state index >= 15 is 0 Å². The topological polar surface area (TPSA) is 50.7 Å². The van der Waals surface area contributed by atoms with Gasteiger partial charge >= 0.3 is 0 Å². The molecule has 1 aromatic carbocycles. The molecule has 5 heteroatoms. The molecule has 0 saturated carbocycles. The average Bonchev–Trinajstić information content (AvgIpc) is 2.42. The Morgan fingerprint density at radius 1 is 1.26 bits per heavy atom. The highest BCUT2D eigenvalue weighted by Crippen LogP contribution is 2.26. The lowest BCUT2D eigenvalue weighted by Gasteiger charge is -2.10. The molecule has 0 bridgehead atoms. The lowest BCUT2D eigenvalue weighted by Crippen LogP contribution is -2.18. The van der Waals surface area contributed by atoms with Crippen molar-refractivity contribution in [1.82, 2.24) is 5.32 Å². The highest BCUT2D eigenvalue weighted by molar-refractivity contribution is 9.10. The fourth-order valence-electron chi connectivity index (χ4n) is 1.57. The number of halogens is 1. The van der Waals surface area contributed by atoms with Crippen LogP contribution in [0.3, 0.4) is 0 Å². The maximum atomic E-state index is 8.69. The van der Waals surface area contributed by atoms with E-state index in [1.807, 2.05) is 12.1 Å². The molecule has 0 saturated heterocycles. The van der Waals surface area contributed by atoms with Crippen LogP contribution in [0.5, 0.6) is 5.75 Å². The smallest absolute Gasteiger partial charge is 0.133 e. The van der Waals surface area contributed by atoms with Gasteiger partial charge in [0.1, 0.15) is 5.75 Å². The molecule has 0 amide bonds. The van der Waals surface area contributed by atoms with E-state index in [9.17, 15) is 0 Å². The molecular weight excluding hydrogens is 310 g/mol. The number of rotatable bonds is 10. The summed E-state index contributed by atoms with van der Waals surface area (Å²) in [4.78, 5) is 0. The predicted octanol–water partition coefficient (Wildman–Crippen LogP) is 2.34. The number of aliphatic hydroxyl groups excluding tert-OH is 1. The first-order valence-electron chi connectivity index (χ1n) is 6.49. The lowest BCUT2D eigenvalue weighted by molar-refractivity contribution is 0.199. The van der Waals surface area contributed by atoms with Crippen molar-refractivity contribution in [2.75, 3.05) is 33.5 Å². The van der Waals surface area contributed by atoms with Crippen LogP contribution in [0.1, 0.15) is 18.4 Å². The Hall–Kier alpha value is -0.620. The van der Waals surface area contributed by atoms with Gasteiger partial charge in [-0.15, -0.1) is 0 Å². The molecule has 0 aliphatic carbocycles. The molecule has 1 aromatic rings. The van der Waals surface area contributed by atoms with Crippen LogP contribution in [0.25, 0.3) is 0 Å². The van der Waals surface area contributed by atoms with E-state index in [-0.39, 0.29) is 6.61 Å². The highest BCUT2D eigenvalue weighted by Gasteiger charge is 2.02. The predicted molar refractivity (Wildman–Crippen MR) is 79.5 cm³/mol. The first-order valence-corrected chi connectivity index (χ1v) is 7.29. The Kier molecular flexibility index (Phi) is 8.82. The van der Waals surface area contributed by atoms with E-state index in [1.54, 1.807) is 7.11 Å². The van der Waals surface area contributed by atoms with Crippen molar-refractivity contribution >= 4 is 15.9 Å². The Morgan fingerprint density at radius 3 is 2.79 bits per heavy atom. The van der Waals surface area contributed by atoms with Crippen molar-refractivity contribution in [2.45, 2.75) is 19.4 Å². The average molecular weight is 332 g/mol. The molecule has 2 N–H and O–H groups in total. The maximum Gasteiger partial charge on any atom is 0.133 e. The second kappa shape index (κ2) is 10.2. The van der Waals surface area contributed by atoms with Gasteiger partial charge in [-0.3, -0.25) is 0 Å². The van der Waals surface area contributed by atoms with Gasteiger partial charge in [0.2, 0.25) is 0 Å². The zero-order chi connectivity index (χ0) is 13.9. The summed E-state index contributed by atoms with van der Waals surface area (Å²) in [5, 5.41) is 12.0. The van der Waals surface area contributed by atoms with E-state index in [0.717, 1.165) is 36.2 Å². The van der Waals surface area contributed by atoms with E-state index in [4.69, 9.17) is 14.6 Å². The molecule has 0 aromatic heterocycles. The second-order valence-electron chi connectivity index (χ2n) is 4.21. The zero-order valence-corrected chi connectivity index (χ0v) is 12.9. The zero-order valence-electron chi connectivity index (χ0n) is 11.3. The van der Waals surface area contributed by atoms with Crippen LogP contribution in [0.4, 0.5) is 0 Å². The quantitative estimate of drug-likeness (QED) is 0.646. The van der Waals surface area contributed by atoms with Crippen molar-refractivity contribution in [2.24, 2.45) is 0 Å². The lowest BCUT2D eigenvalue weighted by atomic mass is 10.2. The Morgan fingerprint density at radius 2 is 2.11 bits per heavy atom. The third-order valence-electron chi connectivity index (χ3n) is 2.62. The Labute approximate surface area is 123 Å². The molecule has 0 aliphatic rings. The van der Waals surface area contributed by atoms with Gasteiger partial charge in [0.15, 0.2) is 0 Å². The Balaban J connectivity index is 2.36. The third kappa shape index (κ3) is 6.92.